The number of methoxy groups -OCH3 is 1. The molecule has 1 amide bonds. The van der Waals surface area contributed by atoms with Gasteiger partial charge in [-0.25, -0.2) is 4.39 Å². The second kappa shape index (κ2) is 8.91. The van der Waals surface area contributed by atoms with Crippen LogP contribution in [0.4, 0.5) is 17.6 Å². The van der Waals surface area contributed by atoms with Crippen LogP contribution in [0.2, 0.25) is 0 Å². The Kier molecular flexibility index (Phi) is 7.21. The fourth-order valence-corrected chi connectivity index (χ4v) is 3.25. The molecule has 1 atom stereocenters. The van der Waals surface area contributed by atoms with Gasteiger partial charge in [-0.3, -0.25) is 4.79 Å². The number of carbonyl (C=O) groups excluding carboxylic acids is 1. The van der Waals surface area contributed by atoms with Crippen LogP contribution in [0.3, 0.4) is 0 Å². The first-order chi connectivity index (χ1) is 13.2. The SMILES string of the molecule is COc1nc(OCC2(C(F)(F)F)CC2)c(F)cc1CN(C)C(=O)C1CCCN1.Cl. The molecule has 0 bridgehead atoms. The maximum Gasteiger partial charge on any atom is 0.397 e. The van der Waals surface area contributed by atoms with Gasteiger partial charge in [-0.15, -0.1) is 12.4 Å². The Balaban J connectivity index is 0.00000300. The molecule has 0 spiro atoms. The van der Waals surface area contributed by atoms with Crippen molar-refractivity contribution in [1.82, 2.24) is 15.2 Å². The van der Waals surface area contributed by atoms with Gasteiger partial charge in [0.2, 0.25) is 11.8 Å². The standard InChI is InChI=1S/C18H23F4N3O3.ClH/c1-25(16(26)13-4-3-7-23-13)9-11-8-12(19)15(24-14(11)27-2)28-10-17(5-6-17)18(20,21)22;/h8,13,23H,3-7,9-10H2,1-2H3;1H. The van der Waals surface area contributed by atoms with Crippen molar-refractivity contribution >= 4 is 18.3 Å². The molecule has 6 nitrogen and oxygen atoms in total. The van der Waals surface area contributed by atoms with E-state index in [4.69, 9.17) is 9.47 Å². The number of amides is 1. The number of carbonyl (C=O) groups is 1. The zero-order chi connectivity index (χ0) is 20.5. The molecule has 0 aromatic carbocycles. The molecule has 11 heteroatoms. The fourth-order valence-electron chi connectivity index (χ4n) is 3.25. The van der Waals surface area contributed by atoms with Crippen molar-refractivity contribution in [3.63, 3.8) is 0 Å². The first-order valence-electron chi connectivity index (χ1n) is 9.08. The highest BCUT2D eigenvalue weighted by atomic mass is 35.5. The van der Waals surface area contributed by atoms with E-state index in [1.807, 2.05) is 0 Å². The number of pyridine rings is 1. The lowest BCUT2D eigenvalue weighted by Gasteiger charge is -2.23. The van der Waals surface area contributed by atoms with Gasteiger partial charge < -0.3 is 19.7 Å². The summed E-state index contributed by atoms with van der Waals surface area (Å²) >= 11 is 0. The number of halogens is 5. The van der Waals surface area contributed by atoms with Gasteiger partial charge in [0.15, 0.2) is 5.82 Å². The molecule has 2 fully saturated rings. The van der Waals surface area contributed by atoms with Crippen molar-refractivity contribution < 1.29 is 31.8 Å². The van der Waals surface area contributed by atoms with E-state index in [1.54, 1.807) is 7.05 Å². The Morgan fingerprint density at radius 1 is 1.38 bits per heavy atom. The summed E-state index contributed by atoms with van der Waals surface area (Å²) < 4.78 is 63.5. The second-order valence-electron chi connectivity index (χ2n) is 7.35. The average molecular weight is 442 g/mol. The lowest BCUT2D eigenvalue weighted by Crippen LogP contribution is -2.41. The van der Waals surface area contributed by atoms with Crippen LogP contribution in [0.15, 0.2) is 6.07 Å². The van der Waals surface area contributed by atoms with Gasteiger partial charge in [-0.2, -0.15) is 18.2 Å². The molecule has 2 heterocycles. The molecule has 1 saturated carbocycles. The Labute approximate surface area is 172 Å². The van der Waals surface area contributed by atoms with Crippen LogP contribution in [-0.2, 0) is 11.3 Å². The highest BCUT2D eigenvalue weighted by Crippen LogP contribution is 2.57. The molecule has 1 aromatic rings. The van der Waals surface area contributed by atoms with E-state index in [9.17, 15) is 22.4 Å². The summed E-state index contributed by atoms with van der Waals surface area (Å²) in [5.74, 6) is -1.55. The van der Waals surface area contributed by atoms with E-state index in [1.165, 1.54) is 12.0 Å². The van der Waals surface area contributed by atoms with Crippen molar-refractivity contribution in [3.8, 4) is 11.8 Å². The quantitative estimate of drug-likeness (QED) is 0.659. The zero-order valence-electron chi connectivity index (χ0n) is 16.1. The first kappa shape index (κ1) is 23.5. The number of nitrogens with one attached hydrogen (secondary N) is 1. The van der Waals surface area contributed by atoms with Gasteiger partial charge >= 0.3 is 6.18 Å². The van der Waals surface area contributed by atoms with Gasteiger partial charge in [0.25, 0.3) is 5.88 Å². The number of aromatic nitrogens is 1. The van der Waals surface area contributed by atoms with Crippen molar-refractivity contribution in [3.05, 3.63) is 17.4 Å². The molecule has 164 valence electrons. The predicted octanol–water partition coefficient (Wildman–Crippen LogP) is 3.08. The lowest BCUT2D eigenvalue weighted by atomic mass is 10.1. The van der Waals surface area contributed by atoms with Crippen molar-refractivity contribution in [2.45, 2.75) is 44.4 Å². The minimum Gasteiger partial charge on any atom is -0.481 e. The number of hydrogen-bond acceptors (Lipinski definition) is 5. The summed E-state index contributed by atoms with van der Waals surface area (Å²) in [6, 6.07) is 0.814. The van der Waals surface area contributed by atoms with Gasteiger partial charge in [0.05, 0.1) is 19.7 Å². The van der Waals surface area contributed by atoms with Crippen LogP contribution in [0.25, 0.3) is 0 Å². The molecule has 29 heavy (non-hydrogen) atoms. The highest BCUT2D eigenvalue weighted by Gasteiger charge is 2.64. The molecule has 1 aromatic heterocycles. The number of alkyl halides is 3. The molecule has 1 N–H and O–H groups in total. The van der Waals surface area contributed by atoms with Crippen molar-refractivity contribution in [1.29, 1.82) is 0 Å². The number of likely N-dealkylation sites (N-methyl/N-ethyl adjacent to an activating group) is 1. The summed E-state index contributed by atoms with van der Waals surface area (Å²) in [5.41, 5.74) is -1.62. The largest absolute Gasteiger partial charge is 0.481 e. The topological polar surface area (TPSA) is 63.7 Å². The monoisotopic (exact) mass is 441 g/mol. The van der Waals surface area contributed by atoms with E-state index in [0.29, 0.717) is 5.56 Å². The average Bonchev–Trinajstić information content (AvgIpc) is 3.25. The third kappa shape index (κ3) is 5.03. The molecule has 0 radical (unpaired) electrons. The van der Waals surface area contributed by atoms with Gasteiger partial charge in [-0.1, -0.05) is 0 Å². The van der Waals surface area contributed by atoms with Crippen LogP contribution in [-0.4, -0.2) is 55.3 Å². The molecule has 1 aliphatic heterocycles. The summed E-state index contributed by atoms with van der Waals surface area (Å²) in [4.78, 5) is 17.7. The smallest absolute Gasteiger partial charge is 0.397 e. The molecule has 1 unspecified atom stereocenters. The van der Waals surface area contributed by atoms with Gasteiger partial charge in [0.1, 0.15) is 12.0 Å². The van der Waals surface area contributed by atoms with Crippen LogP contribution in [0.1, 0.15) is 31.2 Å². The van der Waals surface area contributed by atoms with E-state index >= 15 is 0 Å². The third-order valence-corrected chi connectivity index (χ3v) is 5.26. The minimum absolute atomic E-state index is 0. The molecule has 1 aliphatic carbocycles. The van der Waals surface area contributed by atoms with Crippen LogP contribution >= 0.6 is 12.4 Å². The number of ether oxygens (including phenoxy) is 2. The van der Waals surface area contributed by atoms with E-state index in [0.717, 1.165) is 25.5 Å². The lowest BCUT2D eigenvalue weighted by molar-refractivity contribution is -0.194. The van der Waals surface area contributed by atoms with Crippen LogP contribution < -0.4 is 14.8 Å². The number of nitrogens with zero attached hydrogens (tertiary/aromatic N) is 2. The Hall–Kier alpha value is -1.81. The molecule has 3 rings (SSSR count). The fraction of sp³-hybridized carbons (Fsp3) is 0.667. The van der Waals surface area contributed by atoms with E-state index in [2.05, 4.69) is 10.3 Å². The molecular formula is C18H24ClF4N3O3. The Morgan fingerprint density at radius 3 is 2.59 bits per heavy atom. The molecule has 1 saturated heterocycles. The normalized spacial score (nSPS) is 20.0. The highest BCUT2D eigenvalue weighted by molar-refractivity contribution is 5.85. The van der Waals surface area contributed by atoms with Gasteiger partial charge in [-0.05, 0) is 38.3 Å². The van der Waals surface area contributed by atoms with Crippen LogP contribution in [0.5, 0.6) is 11.8 Å². The Morgan fingerprint density at radius 2 is 2.07 bits per heavy atom. The predicted molar refractivity (Wildman–Crippen MR) is 98.7 cm³/mol. The summed E-state index contributed by atoms with van der Waals surface area (Å²) in [5, 5.41) is 3.10. The zero-order valence-corrected chi connectivity index (χ0v) is 17.0. The Bertz CT molecular complexity index is 738. The summed E-state index contributed by atoms with van der Waals surface area (Å²) in [7, 11) is 2.90. The number of hydrogen-bond donors (Lipinski definition) is 1. The minimum atomic E-state index is -4.40. The van der Waals surface area contributed by atoms with Crippen molar-refractivity contribution in [2.24, 2.45) is 5.41 Å². The van der Waals surface area contributed by atoms with E-state index in [-0.39, 0.29) is 49.6 Å². The maximum atomic E-state index is 14.4. The van der Waals surface area contributed by atoms with Crippen molar-refractivity contribution in [2.75, 3.05) is 27.3 Å². The molecular weight excluding hydrogens is 418 g/mol. The second-order valence-corrected chi connectivity index (χ2v) is 7.35. The molecule has 2 aliphatic rings. The first-order valence-corrected chi connectivity index (χ1v) is 9.08. The van der Waals surface area contributed by atoms with Crippen LogP contribution in [0, 0.1) is 11.2 Å². The van der Waals surface area contributed by atoms with Gasteiger partial charge in [0, 0.05) is 12.6 Å². The summed E-state index contributed by atoms with van der Waals surface area (Å²) in [6.07, 6.45) is -2.84. The maximum absolute atomic E-state index is 14.4. The summed E-state index contributed by atoms with van der Waals surface area (Å²) in [6.45, 7) is 0.140. The third-order valence-electron chi connectivity index (χ3n) is 5.26. The number of rotatable bonds is 7. The van der Waals surface area contributed by atoms with E-state index < -0.39 is 29.9 Å².